The van der Waals surface area contributed by atoms with Crippen LogP contribution in [0.3, 0.4) is 0 Å². The largest absolute Gasteiger partial charge is 0.504 e. The number of hydrogen-bond acceptors (Lipinski definition) is 8. The fourth-order valence-corrected chi connectivity index (χ4v) is 4.64. The first-order chi connectivity index (χ1) is 17.0. The van der Waals surface area contributed by atoms with Crippen molar-refractivity contribution >= 4 is 11.7 Å². The van der Waals surface area contributed by atoms with Gasteiger partial charge in [0, 0.05) is 23.1 Å². The van der Waals surface area contributed by atoms with Crippen LogP contribution in [0.1, 0.15) is 45.7 Å². The average molecular weight is 476 g/mol. The van der Waals surface area contributed by atoms with Crippen LogP contribution in [0.15, 0.2) is 59.7 Å². The predicted molar refractivity (Wildman–Crippen MR) is 127 cm³/mol. The van der Waals surface area contributed by atoms with Crippen molar-refractivity contribution in [1.29, 1.82) is 0 Å². The molecule has 35 heavy (non-hydrogen) atoms. The molecule has 2 heterocycles. The van der Waals surface area contributed by atoms with Crippen molar-refractivity contribution in [3.8, 4) is 28.7 Å². The average Bonchev–Trinajstić information content (AvgIpc) is 3.33. The zero-order valence-corrected chi connectivity index (χ0v) is 19.4. The van der Waals surface area contributed by atoms with Gasteiger partial charge in [-0.25, -0.2) is 9.80 Å². The molecule has 0 aromatic heterocycles. The third-order valence-electron chi connectivity index (χ3n) is 6.27. The van der Waals surface area contributed by atoms with E-state index in [2.05, 4.69) is 0 Å². The maximum absolute atomic E-state index is 12.4. The third kappa shape index (κ3) is 3.65. The van der Waals surface area contributed by atoms with Gasteiger partial charge in [-0.05, 0) is 36.4 Å². The number of hydrogen-bond donors (Lipinski definition) is 2. The first-order valence-corrected chi connectivity index (χ1v) is 10.9. The molecule has 9 nitrogen and oxygen atoms in total. The SMILES string of the molecule is COc1cc(C2=NN3[C@@H](C2)c2ccccc2O[C@H]3c2ccc(OC)c(OC)c2C(=O)O)ccc1O. The molecule has 3 aromatic rings. The van der Waals surface area contributed by atoms with Gasteiger partial charge in [-0.1, -0.05) is 18.2 Å². The van der Waals surface area contributed by atoms with Crippen molar-refractivity contribution < 1.29 is 34.0 Å². The van der Waals surface area contributed by atoms with Crippen LogP contribution in [0.4, 0.5) is 0 Å². The Bertz CT molecular complexity index is 1340. The molecule has 2 N–H and O–H groups in total. The van der Waals surface area contributed by atoms with Crippen LogP contribution >= 0.6 is 0 Å². The summed E-state index contributed by atoms with van der Waals surface area (Å²) in [6.45, 7) is 0. The van der Waals surface area contributed by atoms with E-state index in [-0.39, 0.29) is 23.1 Å². The number of hydrazone groups is 1. The summed E-state index contributed by atoms with van der Waals surface area (Å²) in [7, 11) is 4.34. The van der Waals surface area contributed by atoms with Gasteiger partial charge in [-0.15, -0.1) is 0 Å². The Kier molecular flexibility index (Phi) is 5.60. The molecule has 0 saturated carbocycles. The smallest absolute Gasteiger partial charge is 0.340 e. The number of carbonyl (C=O) groups is 1. The summed E-state index contributed by atoms with van der Waals surface area (Å²) in [5.74, 6) is 0.296. The second kappa shape index (κ2) is 8.75. The number of aromatic carboxylic acids is 1. The van der Waals surface area contributed by atoms with Gasteiger partial charge in [-0.2, -0.15) is 5.10 Å². The van der Waals surface area contributed by atoms with Crippen LogP contribution in [0.2, 0.25) is 0 Å². The molecule has 0 saturated heterocycles. The van der Waals surface area contributed by atoms with Crippen molar-refractivity contribution in [2.45, 2.75) is 18.7 Å². The summed E-state index contributed by atoms with van der Waals surface area (Å²) in [5, 5.41) is 26.7. The van der Waals surface area contributed by atoms with E-state index in [0.29, 0.717) is 29.2 Å². The highest BCUT2D eigenvalue weighted by Crippen LogP contribution is 2.49. The van der Waals surface area contributed by atoms with E-state index in [1.54, 1.807) is 35.3 Å². The van der Waals surface area contributed by atoms with Crippen molar-refractivity contribution in [2.75, 3.05) is 21.3 Å². The highest BCUT2D eigenvalue weighted by atomic mass is 16.5. The minimum atomic E-state index is -1.17. The van der Waals surface area contributed by atoms with Gasteiger partial charge >= 0.3 is 5.97 Å². The van der Waals surface area contributed by atoms with E-state index < -0.39 is 12.2 Å². The van der Waals surface area contributed by atoms with Crippen LogP contribution in [0.25, 0.3) is 0 Å². The normalized spacial score (nSPS) is 18.1. The molecule has 0 amide bonds. The maximum Gasteiger partial charge on any atom is 0.340 e. The Hall–Kier alpha value is -4.40. The first kappa shape index (κ1) is 22.4. The van der Waals surface area contributed by atoms with Gasteiger partial charge in [0.1, 0.15) is 11.3 Å². The minimum Gasteiger partial charge on any atom is -0.504 e. The van der Waals surface area contributed by atoms with Crippen LogP contribution in [0, 0.1) is 0 Å². The summed E-state index contributed by atoms with van der Waals surface area (Å²) in [6, 6.07) is 15.9. The highest BCUT2D eigenvalue weighted by Gasteiger charge is 2.43. The lowest BCUT2D eigenvalue weighted by Gasteiger charge is -2.38. The maximum atomic E-state index is 12.4. The highest BCUT2D eigenvalue weighted by molar-refractivity contribution is 6.02. The number of methoxy groups -OCH3 is 3. The molecule has 0 fully saturated rings. The molecule has 0 aliphatic carbocycles. The number of phenols is 1. The number of carboxylic acid groups (broad SMARTS) is 1. The number of carboxylic acids is 1. The van der Waals surface area contributed by atoms with E-state index in [1.165, 1.54) is 21.3 Å². The van der Waals surface area contributed by atoms with Crippen molar-refractivity contribution in [1.82, 2.24) is 5.01 Å². The molecule has 0 bridgehead atoms. The monoisotopic (exact) mass is 476 g/mol. The molecular formula is C26H24N2O7. The fourth-order valence-electron chi connectivity index (χ4n) is 4.64. The minimum absolute atomic E-state index is 0.0375. The van der Waals surface area contributed by atoms with Gasteiger partial charge in [0.2, 0.25) is 6.23 Å². The summed E-state index contributed by atoms with van der Waals surface area (Å²) < 4.78 is 22.3. The third-order valence-corrected chi connectivity index (χ3v) is 6.27. The predicted octanol–water partition coefficient (Wildman–Crippen LogP) is 4.36. The first-order valence-electron chi connectivity index (χ1n) is 10.9. The molecular weight excluding hydrogens is 452 g/mol. The van der Waals surface area contributed by atoms with Gasteiger partial charge in [0.25, 0.3) is 0 Å². The lowest BCUT2D eigenvalue weighted by molar-refractivity contribution is -0.0199. The Morgan fingerprint density at radius 1 is 1.00 bits per heavy atom. The zero-order valence-electron chi connectivity index (χ0n) is 19.4. The fraction of sp³-hybridized carbons (Fsp3) is 0.231. The van der Waals surface area contributed by atoms with Crippen molar-refractivity contribution in [3.63, 3.8) is 0 Å². The molecule has 0 radical (unpaired) electrons. The molecule has 2 aliphatic rings. The van der Waals surface area contributed by atoms with E-state index >= 15 is 0 Å². The molecule has 2 atom stereocenters. The second-order valence-electron chi connectivity index (χ2n) is 8.11. The van der Waals surface area contributed by atoms with Crippen LogP contribution in [0.5, 0.6) is 28.7 Å². The van der Waals surface area contributed by atoms with Crippen LogP contribution in [-0.4, -0.2) is 48.2 Å². The summed E-state index contributed by atoms with van der Waals surface area (Å²) >= 11 is 0. The van der Waals surface area contributed by atoms with Gasteiger partial charge in [-0.3, -0.25) is 0 Å². The van der Waals surface area contributed by atoms with Crippen LogP contribution in [-0.2, 0) is 0 Å². The molecule has 5 rings (SSSR count). The molecule has 3 aromatic carbocycles. The molecule has 0 unspecified atom stereocenters. The number of fused-ring (bicyclic) bond motifs is 3. The van der Waals surface area contributed by atoms with E-state index in [1.807, 2.05) is 24.3 Å². The number of ether oxygens (including phenoxy) is 4. The van der Waals surface area contributed by atoms with E-state index in [0.717, 1.165) is 16.8 Å². The van der Waals surface area contributed by atoms with Gasteiger partial charge < -0.3 is 29.2 Å². The lowest BCUT2D eigenvalue weighted by Crippen LogP contribution is -2.34. The standard InChI is InChI=1S/C26H24N2O7/c1-32-21-11-9-16(23(26(30)31)24(21)34-3)25-28-18(15-6-4-5-7-20(15)35-25)13-17(27-28)14-8-10-19(29)22(12-14)33-2/h4-12,18,25,29H,13H2,1-3H3,(H,30,31)/t18-,25-/m0/s1. The molecule has 180 valence electrons. The number of aromatic hydroxyl groups is 1. The number of nitrogens with zero attached hydrogens (tertiary/aromatic N) is 2. The quantitative estimate of drug-likeness (QED) is 0.540. The Balaban J connectivity index is 1.66. The Morgan fingerprint density at radius 2 is 1.77 bits per heavy atom. The van der Waals surface area contributed by atoms with Crippen LogP contribution < -0.4 is 18.9 Å². The second-order valence-corrected chi connectivity index (χ2v) is 8.11. The number of benzene rings is 3. The van der Waals surface area contributed by atoms with E-state index in [4.69, 9.17) is 24.0 Å². The van der Waals surface area contributed by atoms with Gasteiger partial charge in [0.05, 0.1) is 33.1 Å². The Morgan fingerprint density at radius 3 is 2.49 bits per heavy atom. The van der Waals surface area contributed by atoms with Crippen molar-refractivity contribution in [3.05, 3.63) is 76.9 Å². The van der Waals surface area contributed by atoms with E-state index in [9.17, 15) is 15.0 Å². The zero-order chi connectivity index (χ0) is 24.7. The molecule has 9 heteroatoms. The van der Waals surface area contributed by atoms with Gasteiger partial charge in [0.15, 0.2) is 23.0 Å². The lowest BCUT2D eigenvalue weighted by atomic mass is 9.95. The summed E-state index contributed by atoms with van der Waals surface area (Å²) in [5.41, 5.74) is 2.84. The van der Waals surface area contributed by atoms with Crippen molar-refractivity contribution in [2.24, 2.45) is 5.10 Å². The molecule has 0 spiro atoms. The number of rotatable bonds is 6. The summed E-state index contributed by atoms with van der Waals surface area (Å²) in [6.07, 6.45) is -0.266. The number of phenolic OH excluding ortho intramolecular Hbond substituents is 1. The Labute approximate surface area is 201 Å². The summed E-state index contributed by atoms with van der Waals surface area (Å²) in [4.78, 5) is 12.4. The molecule has 2 aliphatic heterocycles. The topological polar surface area (TPSA) is 110 Å². The number of para-hydroxylation sites is 1.